The highest BCUT2D eigenvalue weighted by Gasteiger charge is 2.26. The molecule has 1 aliphatic heterocycles. The summed E-state index contributed by atoms with van der Waals surface area (Å²) in [4.78, 5) is 6.37. The summed E-state index contributed by atoms with van der Waals surface area (Å²) >= 11 is 0. The molecular formula is C21H17F2N3O. The molecule has 0 bridgehead atoms. The predicted molar refractivity (Wildman–Crippen MR) is 98.5 cm³/mol. The minimum absolute atomic E-state index is 0.260. The van der Waals surface area contributed by atoms with Crippen LogP contribution >= 0.6 is 0 Å². The number of pyridine rings is 1. The second kappa shape index (κ2) is 6.93. The minimum Gasteiger partial charge on any atom is -0.370 e. The van der Waals surface area contributed by atoms with Gasteiger partial charge < -0.3 is 9.64 Å². The third-order valence-electron chi connectivity index (χ3n) is 4.84. The highest BCUT2D eigenvalue weighted by atomic mass is 19.1. The molecule has 1 aliphatic rings. The highest BCUT2D eigenvalue weighted by Crippen LogP contribution is 2.34. The maximum absolute atomic E-state index is 14.1. The number of benzene rings is 2. The molecule has 1 aromatic heterocycles. The molecule has 0 radical (unpaired) electrons. The molecule has 4 rings (SSSR count). The van der Waals surface area contributed by atoms with Crippen molar-refractivity contribution >= 4 is 16.6 Å². The largest absolute Gasteiger partial charge is 0.370 e. The number of nitriles is 1. The molecular weight excluding hydrogens is 348 g/mol. The molecule has 0 spiro atoms. The van der Waals surface area contributed by atoms with E-state index in [-0.39, 0.29) is 17.7 Å². The van der Waals surface area contributed by atoms with Crippen LogP contribution in [-0.2, 0) is 4.74 Å². The van der Waals surface area contributed by atoms with Crippen LogP contribution in [0, 0.1) is 29.9 Å². The van der Waals surface area contributed by atoms with Crippen LogP contribution < -0.4 is 4.90 Å². The third kappa shape index (κ3) is 3.22. The van der Waals surface area contributed by atoms with Gasteiger partial charge in [0.25, 0.3) is 0 Å². The van der Waals surface area contributed by atoms with Crippen molar-refractivity contribution in [2.75, 3.05) is 24.6 Å². The molecule has 2 aromatic carbocycles. The summed E-state index contributed by atoms with van der Waals surface area (Å²) in [6.07, 6.45) is 1.27. The number of rotatable bonds is 2. The van der Waals surface area contributed by atoms with Crippen molar-refractivity contribution in [2.45, 2.75) is 13.0 Å². The van der Waals surface area contributed by atoms with Crippen LogP contribution in [0.2, 0.25) is 0 Å². The van der Waals surface area contributed by atoms with Gasteiger partial charge in [0.1, 0.15) is 23.8 Å². The van der Waals surface area contributed by atoms with Crippen LogP contribution in [0.15, 0.2) is 42.6 Å². The maximum atomic E-state index is 14.1. The molecule has 6 heteroatoms. The Bertz CT molecular complexity index is 1040. The SMILES string of the molecule is Cc1cc(F)cc2c(N3CCOC(c4ccc(F)cc4)C3)c(C#N)cnc12. The normalized spacial score (nSPS) is 17.1. The molecule has 27 heavy (non-hydrogen) atoms. The number of morpholine rings is 1. The smallest absolute Gasteiger partial charge is 0.124 e. The van der Waals surface area contributed by atoms with E-state index in [9.17, 15) is 14.0 Å². The second-order valence-electron chi connectivity index (χ2n) is 6.61. The molecule has 1 saturated heterocycles. The van der Waals surface area contributed by atoms with Gasteiger partial charge in [0.2, 0.25) is 0 Å². The van der Waals surface area contributed by atoms with Crippen molar-refractivity contribution in [1.82, 2.24) is 4.98 Å². The third-order valence-corrected chi connectivity index (χ3v) is 4.84. The number of hydrogen-bond acceptors (Lipinski definition) is 4. The van der Waals surface area contributed by atoms with Crippen molar-refractivity contribution in [3.05, 3.63) is 70.9 Å². The molecule has 1 atom stereocenters. The molecule has 136 valence electrons. The van der Waals surface area contributed by atoms with Gasteiger partial charge in [-0.05, 0) is 42.3 Å². The second-order valence-corrected chi connectivity index (χ2v) is 6.61. The quantitative estimate of drug-likeness (QED) is 0.680. The van der Waals surface area contributed by atoms with E-state index in [4.69, 9.17) is 4.74 Å². The van der Waals surface area contributed by atoms with Crippen molar-refractivity contribution < 1.29 is 13.5 Å². The molecule has 3 aromatic rings. The van der Waals surface area contributed by atoms with E-state index in [0.717, 1.165) is 11.1 Å². The zero-order valence-electron chi connectivity index (χ0n) is 14.7. The molecule has 0 amide bonds. The summed E-state index contributed by atoms with van der Waals surface area (Å²) in [5.41, 5.74) is 3.32. The lowest BCUT2D eigenvalue weighted by molar-refractivity contribution is 0.0398. The van der Waals surface area contributed by atoms with Gasteiger partial charge in [0.05, 0.1) is 23.4 Å². The topological polar surface area (TPSA) is 49.1 Å². The van der Waals surface area contributed by atoms with Gasteiger partial charge >= 0.3 is 0 Å². The summed E-state index contributed by atoms with van der Waals surface area (Å²) in [6.45, 7) is 3.30. The summed E-state index contributed by atoms with van der Waals surface area (Å²) in [5, 5.41) is 10.2. The van der Waals surface area contributed by atoms with Crippen molar-refractivity contribution in [1.29, 1.82) is 5.26 Å². The van der Waals surface area contributed by atoms with Crippen LogP contribution in [-0.4, -0.2) is 24.7 Å². The Hall–Kier alpha value is -3.04. The first-order valence-electron chi connectivity index (χ1n) is 8.68. The Kier molecular flexibility index (Phi) is 4.46. The van der Waals surface area contributed by atoms with Crippen molar-refractivity contribution in [3.63, 3.8) is 0 Å². The highest BCUT2D eigenvalue weighted by molar-refractivity contribution is 5.96. The van der Waals surface area contributed by atoms with E-state index in [1.165, 1.54) is 30.5 Å². The van der Waals surface area contributed by atoms with E-state index in [1.807, 2.05) is 4.90 Å². The molecule has 1 fully saturated rings. The van der Waals surface area contributed by atoms with Crippen molar-refractivity contribution in [3.8, 4) is 6.07 Å². The van der Waals surface area contributed by atoms with Crippen LogP contribution in [0.1, 0.15) is 22.8 Å². The lowest BCUT2D eigenvalue weighted by atomic mass is 10.0. The first kappa shape index (κ1) is 17.4. The average Bonchev–Trinajstić information content (AvgIpc) is 2.67. The lowest BCUT2D eigenvalue weighted by Crippen LogP contribution is -2.39. The Morgan fingerprint density at radius 2 is 1.96 bits per heavy atom. The van der Waals surface area contributed by atoms with Gasteiger partial charge in [-0.2, -0.15) is 5.26 Å². The zero-order valence-corrected chi connectivity index (χ0v) is 14.7. The average molecular weight is 365 g/mol. The molecule has 4 nitrogen and oxygen atoms in total. The van der Waals surface area contributed by atoms with Crippen LogP contribution in [0.5, 0.6) is 0 Å². The summed E-state index contributed by atoms with van der Waals surface area (Å²) in [6, 6.07) is 11.2. The fourth-order valence-electron chi connectivity index (χ4n) is 3.58. The standard InChI is InChI=1S/C21H17F2N3O/c1-13-8-17(23)9-18-20(13)25-11-15(10-24)21(18)26-6-7-27-19(12-26)14-2-4-16(22)5-3-14/h2-5,8-9,11,19H,6-7,12H2,1H3. The number of halogens is 2. The van der Waals surface area contributed by atoms with E-state index in [0.29, 0.717) is 41.9 Å². The predicted octanol–water partition coefficient (Wildman–Crippen LogP) is 4.27. The van der Waals surface area contributed by atoms with Crippen LogP contribution in [0.3, 0.4) is 0 Å². The van der Waals surface area contributed by atoms with Crippen molar-refractivity contribution in [2.24, 2.45) is 0 Å². The van der Waals surface area contributed by atoms with E-state index in [2.05, 4.69) is 11.1 Å². The van der Waals surface area contributed by atoms with Gasteiger partial charge in [-0.3, -0.25) is 4.98 Å². The molecule has 0 N–H and O–H groups in total. The van der Waals surface area contributed by atoms with Gasteiger partial charge in [-0.15, -0.1) is 0 Å². The number of aryl methyl sites for hydroxylation is 1. The Morgan fingerprint density at radius 1 is 1.19 bits per heavy atom. The van der Waals surface area contributed by atoms with Gasteiger partial charge in [0, 0.05) is 24.7 Å². The first-order valence-corrected chi connectivity index (χ1v) is 8.68. The van der Waals surface area contributed by atoms with E-state index >= 15 is 0 Å². The molecule has 0 aliphatic carbocycles. The monoisotopic (exact) mass is 365 g/mol. The van der Waals surface area contributed by atoms with Crippen LogP contribution in [0.4, 0.5) is 14.5 Å². The number of fused-ring (bicyclic) bond motifs is 1. The molecule has 2 heterocycles. The Balaban J connectivity index is 1.79. The minimum atomic E-state index is -0.360. The van der Waals surface area contributed by atoms with Gasteiger partial charge in [-0.1, -0.05) is 12.1 Å². The number of aromatic nitrogens is 1. The van der Waals surface area contributed by atoms with Crippen LogP contribution in [0.25, 0.3) is 10.9 Å². The fourth-order valence-corrected chi connectivity index (χ4v) is 3.58. The Morgan fingerprint density at radius 3 is 2.70 bits per heavy atom. The number of nitrogens with zero attached hydrogens (tertiary/aromatic N) is 3. The van der Waals surface area contributed by atoms with Gasteiger partial charge in [0.15, 0.2) is 0 Å². The summed E-state index contributed by atoms with van der Waals surface area (Å²) in [5.74, 6) is -0.661. The molecule has 0 saturated carbocycles. The first-order chi connectivity index (χ1) is 13.1. The maximum Gasteiger partial charge on any atom is 0.124 e. The number of anilines is 1. The fraction of sp³-hybridized carbons (Fsp3) is 0.238. The van der Waals surface area contributed by atoms with Gasteiger partial charge in [-0.25, -0.2) is 8.78 Å². The van der Waals surface area contributed by atoms with E-state index < -0.39 is 0 Å². The zero-order chi connectivity index (χ0) is 19.0. The number of ether oxygens (including phenoxy) is 1. The number of hydrogen-bond donors (Lipinski definition) is 0. The lowest BCUT2D eigenvalue weighted by Gasteiger charge is -2.35. The molecule has 1 unspecified atom stereocenters. The van der Waals surface area contributed by atoms with E-state index in [1.54, 1.807) is 19.1 Å². The summed E-state index contributed by atoms with van der Waals surface area (Å²) in [7, 11) is 0. The Labute approximate surface area is 155 Å². The summed E-state index contributed by atoms with van der Waals surface area (Å²) < 4.78 is 33.1.